The fourth-order valence-corrected chi connectivity index (χ4v) is 2.66. The van der Waals surface area contributed by atoms with Crippen LogP contribution in [0.4, 0.5) is 0 Å². The summed E-state index contributed by atoms with van der Waals surface area (Å²) in [6.07, 6.45) is 4.38. The summed E-state index contributed by atoms with van der Waals surface area (Å²) in [6, 6.07) is 6.19. The van der Waals surface area contributed by atoms with Gasteiger partial charge in [-0.05, 0) is 43.5 Å². The minimum atomic E-state index is 0.0705. The number of carbonyl (C=O) groups is 1. The number of benzene rings is 1. The minimum Gasteiger partial charge on any atom is -0.302 e. The average molecular weight is 252 g/mol. The molecule has 1 aromatic carbocycles. The molecule has 17 heavy (non-hydrogen) atoms. The van der Waals surface area contributed by atoms with Crippen molar-refractivity contribution in [3.8, 4) is 0 Å². The molecule has 0 aromatic heterocycles. The Morgan fingerprint density at radius 2 is 2.29 bits per heavy atom. The zero-order valence-electron chi connectivity index (χ0n) is 10.2. The second-order valence-electron chi connectivity index (χ2n) is 4.76. The van der Waals surface area contributed by atoms with Crippen molar-refractivity contribution in [2.45, 2.75) is 38.8 Å². The van der Waals surface area contributed by atoms with Crippen LogP contribution >= 0.6 is 11.6 Å². The van der Waals surface area contributed by atoms with Gasteiger partial charge in [0.15, 0.2) is 0 Å². The number of aldehydes is 1. The van der Waals surface area contributed by atoms with Gasteiger partial charge in [-0.3, -0.25) is 4.90 Å². The number of hydrogen-bond acceptors (Lipinski definition) is 2. The lowest BCUT2D eigenvalue weighted by atomic mass is 10.0. The van der Waals surface area contributed by atoms with Crippen LogP contribution in [0.2, 0.25) is 5.02 Å². The predicted octanol–water partition coefficient (Wildman–Crippen LogP) is 3.20. The summed E-state index contributed by atoms with van der Waals surface area (Å²) in [5.41, 5.74) is 2.29. The molecule has 0 amide bonds. The summed E-state index contributed by atoms with van der Waals surface area (Å²) >= 11 is 6.22. The third-order valence-corrected chi connectivity index (χ3v) is 3.76. The van der Waals surface area contributed by atoms with Gasteiger partial charge in [-0.15, -0.1) is 0 Å². The average Bonchev–Trinajstić information content (AvgIpc) is 2.33. The number of aryl methyl sites for hydroxylation is 1. The second-order valence-corrected chi connectivity index (χ2v) is 5.17. The molecular formula is C14H18ClNO. The van der Waals surface area contributed by atoms with Gasteiger partial charge in [-0.25, -0.2) is 0 Å². The molecular weight excluding hydrogens is 234 g/mol. The highest BCUT2D eigenvalue weighted by molar-refractivity contribution is 6.31. The first-order valence-electron chi connectivity index (χ1n) is 6.15. The molecule has 0 saturated carbocycles. The highest BCUT2D eigenvalue weighted by Gasteiger charge is 2.22. The van der Waals surface area contributed by atoms with Gasteiger partial charge in [-0.1, -0.05) is 30.2 Å². The van der Waals surface area contributed by atoms with E-state index in [1.165, 1.54) is 12.0 Å². The van der Waals surface area contributed by atoms with Crippen LogP contribution in [0.25, 0.3) is 0 Å². The van der Waals surface area contributed by atoms with Gasteiger partial charge in [0.1, 0.15) is 6.29 Å². The molecule has 92 valence electrons. The first kappa shape index (κ1) is 12.6. The van der Waals surface area contributed by atoms with Crippen LogP contribution in [0, 0.1) is 6.92 Å². The molecule has 1 heterocycles. The van der Waals surface area contributed by atoms with Crippen molar-refractivity contribution in [1.82, 2.24) is 4.90 Å². The minimum absolute atomic E-state index is 0.0705. The van der Waals surface area contributed by atoms with Crippen molar-refractivity contribution < 1.29 is 4.79 Å². The largest absolute Gasteiger partial charge is 0.302 e. The normalized spacial score (nSPS) is 21.4. The van der Waals surface area contributed by atoms with E-state index >= 15 is 0 Å². The maximum Gasteiger partial charge on any atom is 0.137 e. The van der Waals surface area contributed by atoms with E-state index in [1.54, 1.807) is 0 Å². The molecule has 0 spiro atoms. The lowest BCUT2D eigenvalue weighted by Crippen LogP contribution is -2.39. The van der Waals surface area contributed by atoms with Crippen molar-refractivity contribution in [1.29, 1.82) is 0 Å². The Morgan fingerprint density at radius 1 is 1.47 bits per heavy atom. The molecule has 1 aliphatic rings. The molecule has 2 nitrogen and oxygen atoms in total. The lowest BCUT2D eigenvalue weighted by Gasteiger charge is -2.32. The zero-order chi connectivity index (χ0) is 12.3. The summed E-state index contributed by atoms with van der Waals surface area (Å²) in [5, 5.41) is 0.806. The van der Waals surface area contributed by atoms with Crippen molar-refractivity contribution in [3.63, 3.8) is 0 Å². The number of rotatable bonds is 3. The smallest absolute Gasteiger partial charge is 0.137 e. The van der Waals surface area contributed by atoms with Gasteiger partial charge < -0.3 is 4.79 Å². The van der Waals surface area contributed by atoms with Gasteiger partial charge in [0.05, 0.1) is 6.04 Å². The molecule has 3 heteroatoms. The molecule has 1 fully saturated rings. The lowest BCUT2D eigenvalue weighted by molar-refractivity contribution is -0.113. The molecule has 1 aromatic rings. The van der Waals surface area contributed by atoms with Gasteiger partial charge >= 0.3 is 0 Å². The Balaban J connectivity index is 2.10. The van der Waals surface area contributed by atoms with Crippen LogP contribution in [0.5, 0.6) is 0 Å². The summed E-state index contributed by atoms with van der Waals surface area (Å²) < 4.78 is 0. The van der Waals surface area contributed by atoms with Gasteiger partial charge in [-0.2, -0.15) is 0 Å². The summed E-state index contributed by atoms with van der Waals surface area (Å²) in [6.45, 7) is 3.81. The maximum absolute atomic E-state index is 11.0. The predicted molar refractivity (Wildman–Crippen MR) is 70.3 cm³/mol. The molecule has 0 bridgehead atoms. The zero-order valence-corrected chi connectivity index (χ0v) is 10.9. The van der Waals surface area contributed by atoms with Crippen LogP contribution in [0.15, 0.2) is 18.2 Å². The van der Waals surface area contributed by atoms with E-state index in [1.807, 2.05) is 13.0 Å². The Kier molecular flexibility index (Phi) is 4.19. The quantitative estimate of drug-likeness (QED) is 0.769. The molecule has 0 N–H and O–H groups in total. The third-order valence-electron chi connectivity index (χ3n) is 3.40. The van der Waals surface area contributed by atoms with E-state index in [0.717, 1.165) is 42.8 Å². The number of carbonyl (C=O) groups excluding carboxylic acids is 1. The first-order chi connectivity index (χ1) is 8.20. The Morgan fingerprint density at radius 3 is 3.00 bits per heavy atom. The van der Waals surface area contributed by atoms with E-state index in [0.29, 0.717) is 0 Å². The number of halogens is 1. The van der Waals surface area contributed by atoms with Crippen molar-refractivity contribution >= 4 is 17.9 Å². The molecule has 0 radical (unpaired) electrons. The topological polar surface area (TPSA) is 20.3 Å². The van der Waals surface area contributed by atoms with E-state index in [9.17, 15) is 4.79 Å². The fourth-order valence-electron chi connectivity index (χ4n) is 2.37. The summed E-state index contributed by atoms with van der Waals surface area (Å²) in [7, 11) is 0. The summed E-state index contributed by atoms with van der Waals surface area (Å²) in [4.78, 5) is 13.3. The van der Waals surface area contributed by atoms with Gasteiger partial charge in [0, 0.05) is 11.6 Å². The molecule has 1 aliphatic heterocycles. The van der Waals surface area contributed by atoms with E-state index in [2.05, 4.69) is 17.0 Å². The Bertz CT molecular complexity index is 405. The third kappa shape index (κ3) is 3.08. The molecule has 1 unspecified atom stereocenters. The molecule has 0 aliphatic carbocycles. The van der Waals surface area contributed by atoms with E-state index in [-0.39, 0.29) is 6.04 Å². The van der Waals surface area contributed by atoms with Crippen molar-refractivity contribution in [2.75, 3.05) is 6.54 Å². The van der Waals surface area contributed by atoms with Crippen molar-refractivity contribution in [3.05, 3.63) is 34.3 Å². The van der Waals surface area contributed by atoms with Crippen LogP contribution in [-0.4, -0.2) is 23.8 Å². The monoisotopic (exact) mass is 251 g/mol. The van der Waals surface area contributed by atoms with Crippen LogP contribution < -0.4 is 0 Å². The van der Waals surface area contributed by atoms with Gasteiger partial charge in [0.25, 0.3) is 0 Å². The molecule has 1 saturated heterocycles. The van der Waals surface area contributed by atoms with Crippen molar-refractivity contribution in [2.24, 2.45) is 0 Å². The second kappa shape index (κ2) is 5.65. The Hall–Kier alpha value is -0.860. The van der Waals surface area contributed by atoms with Crippen LogP contribution in [-0.2, 0) is 11.3 Å². The fraction of sp³-hybridized carbons (Fsp3) is 0.500. The number of likely N-dealkylation sites (tertiary alicyclic amines) is 1. The SMILES string of the molecule is Cc1ccc(CN2CCCCC2C=O)c(Cl)c1. The highest BCUT2D eigenvalue weighted by atomic mass is 35.5. The van der Waals surface area contributed by atoms with Gasteiger partial charge in [0.2, 0.25) is 0 Å². The number of hydrogen-bond donors (Lipinski definition) is 0. The summed E-state index contributed by atoms with van der Waals surface area (Å²) in [5.74, 6) is 0. The molecule has 1 atom stereocenters. The first-order valence-corrected chi connectivity index (χ1v) is 6.53. The van der Waals surface area contributed by atoms with E-state index < -0.39 is 0 Å². The standard InChI is InChI=1S/C14H18ClNO/c1-11-5-6-12(14(15)8-11)9-16-7-3-2-4-13(16)10-17/h5-6,8,10,13H,2-4,7,9H2,1H3. The van der Waals surface area contributed by atoms with Crippen LogP contribution in [0.1, 0.15) is 30.4 Å². The van der Waals surface area contributed by atoms with Crippen LogP contribution in [0.3, 0.4) is 0 Å². The number of nitrogens with zero attached hydrogens (tertiary/aromatic N) is 1. The highest BCUT2D eigenvalue weighted by Crippen LogP contribution is 2.23. The Labute approximate surface area is 108 Å². The number of piperidine rings is 1. The van der Waals surface area contributed by atoms with E-state index in [4.69, 9.17) is 11.6 Å². The molecule has 2 rings (SSSR count). The maximum atomic E-state index is 11.0.